The summed E-state index contributed by atoms with van der Waals surface area (Å²) in [5.41, 5.74) is 5.67. The van der Waals surface area contributed by atoms with E-state index in [-0.39, 0.29) is 17.9 Å². The largest absolute Gasteiger partial charge is 0.368 e. The van der Waals surface area contributed by atoms with Gasteiger partial charge in [0, 0.05) is 13.6 Å². The fraction of sp³-hybridized carbons (Fsp3) is 0.364. The van der Waals surface area contributed by atoms with Gasteiger partial charge in [0.15, 0.2) is 0 Å². The monoisotopic (exact) mass is 263 g/mol. The molecule has 18 heavy (non-hydrogen) atoms. The SMILES string of the molecule is CN1CCC(Nc2nc(N)nc3sccc23)C1=O. The van der Waals surface area contributed by atoms with E-state index in [1.807, 2.05) is 11.4 Å². The molecule has 3 rings (SSSR count). The minimum absolute atomic E-state index is 0.0931. The number of nitrogens with one attached hydrogen (secondary N) is 1. The van der Waals surface area contributed by atoms with Crippen molar-refractivity contribution in [1.29, 1.82) is 0 Å². The Morgan fingerprint density at radius 1 is 1.56 bits per heavy atom. The van der Waals surface area contributed by atoms with Crippen LogP contribution in [0.15, 0.2) is 11.4 Å². The van der Waals surface area contributed by atoms with Gasteiger partial charge >= 0.3 is 0 Å². The molecule has 1 aliphatic heterocycles. The Kier molecular flexibility index (Phi) is 2.55. The van der Waals surface area contributed by atoms with Gasteiger partial charge in [-0.05, 0) is 17.9 Å². The van der Waals surface area contributed by atoms with Crippen LogP contribution in [0.1, 0.15) is 6.42 Å². The second-order valence-corrected chi connectivity index (χ2v) is 5.21. The number of hydrogen-bond donors (Lipinski definition) is 2. The minimum Gasteiger partial charge on any atom is -0.368 e. The first-order valence-corrected chi connectivity index (χ1v) is 6.55. The Hall–Kier alpha value is -1.89. The topological polar surface area (TPSA) is 84.1 Å². The van der Waals surface area contributed by atoms with Crippen LogP contribution in [0, 0.1) is 0 Å². The zero-order valence-electron chi connectivity index (χ0n) is 9.88. The molecule has 0 aromatic carbocycles. The highest BCUT2D eigenvalue weighted by Crippen LogP contribution is 2.27. The van der Waals surface area contributed by atoms with Gasteiger partial charge in [-0.2, -0.15) is 4.98 Å². The van der Waals surface area contributed by atoms with E-state index in [0.717, 1.165) is 23.2 Å². The van der Waals surface area contributed by atoms with Gasteiger partial charge in [0.2, 0.25) is 11.9 Å². The van der Waals surface area contributed by atoms with Crippen molar-refractivity contribution in [2.75, 3.05) is 24.6 Å². The molecule has 1 saturated heterocycles. The van der Waals surface area contributed by atoms with E-state index < -0.39 is 0 Å². The first kappa shape index (κ1) is 11.2. The Labute approximate surface area is 108 Å². The fourth-order valence-electron chi connectivity index (χ4n) is 2.10. The van der Waals surface area contributed by atoms with Crippen molar-refractivity contribution in [2.24, 2.45) is 0 Å². The number of thiophene rings is 1. The number of rotatable bonds is 2. The third-order valence-electron chi connectivity index (χ3n) is 3.08. The van der Waals surface area contributed by atoms with E-state index in [1.165, 1.54) is 11.3 Å². The number of amides is 1. The van der Waals surface area contributed by atoms with Crippen LogP contribution >= 0.6 is 11.3 Å². The number of likely N-dealkylation sites (N-methyl/N-ethyl adjacent to an activating group) is 1. The van der Waals surface area contributed by atoms with Crippen molar-refractivity contribution in [3.05, 3.63) is 11.4 Å². The molecule has 1 aliphatic rings. The van der Waals surface area contributed by atoms with Gasteiger partial charge in [0.25, 0.3) is 0 Å². The first-order chi connectivity index (χ1) is 8.65. The molecular formula is C11H13N5OS. The van der Waals surface area contributed by atoms with Crippen LogP contribution < -0.4 is 11.1 Å². The van der Waals surface area contributed by atoms with E-state index >= 15 is 0 Å². The second-order valence-electron chi connectivity index (χ2n) is 4.32. The van der Waals surface area contributed by atoms with E-state index in [4.69, 9.17) is 5.73 Å². The Balaban J connectivity index is 1.95. The van der Waals surface area contributed by atoms with E-state index in [2.05, 4.69) is 15.3 Å². The normalized spacial score (nSPS) is 19.7. The summed E-state index contributed by atoms with van der Waals surface area (Å²) in [6.07, 6.45) is 0.783. The summed E-state index contributed by atoms with van der Waals surface area (Å²) in [5, 5.41) is 6.03. The molecule has 7 heteroatoms. The van der Waals surface area contributed by atoms with Gasteiger partial charge in [-0.3, -0.25) is 4.79 Å². The van der Waals surface area contributed by atoms with Crippen molar-refractivity contribution < 1.29 is 4.79 Å². The standard InChI is InChI=1S/C11H13N5OS/c1-16-4-2-7(10(16)17)13-8-6-3-5-18-9(6)15-11(12)14-8/h3,5,7H,2,4H2,1H3,(H3,12,13,14,15). The molecule has 3 N–H and O–H groups in total. The van der Waals surface area contributed by atoms with Crippen molar-refractivity contribution in [1.82, 2.24) is 14.9 Å². The van der Waals surface area contributed by atoms with E-state index in [9.17, 15) is 4.79 Å². The predicted molar refractivity (Wildman–Crippen MR) is 71.5 cm³/mol. The molecule has 3 heterocycles. The third kappa shape index (κ3) is 1.76. The zero-order chi connectivity index (χ0) is 12.7. The average molecular weight is 263 g/mol. The average Bonchev–Trinajstić information content (AvgIpc) is 2.90. The number of hydrogen-bond acceptors (Lipinski definition) is 6. The highest BCUT2D eigenvalue weighted by molar-refractivity contribution is 7.16. The second kappa shape index (κ2) is 4.09. The number of fused-ring (bicyclic) bond motifs is 1. The molecule has 0 spiro atoms. The zero-order valence-corrected chi connectivity index (χ0v) is 10.7. The summed E-state index contributed by atoms with van der Waals surface area (Å²) < 4.78 is 0. The van der Waals surface area contributed by atoms with E-state index in [1.54, 1.807) is 11.9 Å². The first-order valence-electron chi connectivity index (χ1n) is 5.67. The highest BCUT2D eigenvalue weighted by Gasteiger charge is 2.29. The molecule has 1 atom stereocenters. The number of carbonyl (C=O) groups is 1. The van der Waals surface area contributed by atoms with Gasteiger partial charge in [0.05, 0.1) is 5.39 Å². The molecule has 1 fully saturated rings. The summed E-state index contributed by atoms with van der Waals surface area (Å²) in [5.74, 6) is 0.967. The molecule has 2 aromatic rings. The van der Waals surface area contributed by atoms with Crippen LogP contribution in [0.4, 0.5) is 11.8 Å². The maximum atomic E-state index is 11.9. The summed E-state index contributed by atoms with van der Waals surface area (Å²) in [6, 6.07) is 1.72. The van der Waals surface area contributed by atoms with Gasteiger partial charge < -0.3 is 16.0 Å². The summed E-state index contributed by atoms with van der Waals surface area (Å²) >= 11 is 1.51. The number of nitrogens with two attached hydrogens (primary N) is 1. The molecule has 6 nitrogen and oxygen atoms in total. The summed E-state index contributed by atoms with van der Waals surface area (Å²) in [7, 11) is 1.80. The van der Waals surface area contributed by atoms with Crippen LogP contribution in [-0.4, -0.2) is 40.4 Å². The lowest BCUT2D eigenvalue weighted by molar-refractivity contribution is -0.127. The maximum absolute atomic E-state index is 11.9. The van der Waals surface area contributed by atoms with Crippen molar-refractivity contribution in [3.63, 3.8) is 0 Å². The smallest absolute Gasteiger partial charge is 0.244 e. The van der Waals surface area contributed by atoms with Gasteiger partial charge in [-0.1, -0.05) is 0 Å². The van der Waals surface area contributed by atoms with Gasteiger partial charge in [-0.15, -0.1) is 11.3 Å². The Morgan fingerprint density at radius 3 is 3.11 bits per heavy atom. The highest BCUT2D eigenvalue weighted by atomic mass is 32.1. The molecule has 1 amide bonds. The number of nitrogen functional groups attached to an aromatic ring is 1. The molecule has 94 valence electrons. The number of carbonyl (C=O) groups excluding carboxylic acids is 1. The molecule has 2 aromatic heterocycles. The van der Waals surface area contributed by atoms with E-state index in [0.29, 0.717) is 5.82 Å². The van der Waals surface area contributed by atoms with Gasteiger partial charge in [-0.25, -0.2) is 4.98 Å². The molecule has 0 aliphatic carbocycles. The fourth-order valence-corrected chi connectivity index (χ4v) is 2.87. The quantitative estimate of drug-likeness (QED) is 0.841. The number of likely N-dealkylation sites (tertiary alicyclic amines) is 1. The molecule has 0 radical (unpaired) electrons. The predicted octanol–water partition coefficient (Wildman–Crippen LogP) is 0.916. The minimum atomic E-state index is -0.215. The molecule has 0 bridgehead atoms. The third-order valence-corrected chi connectivity index (χ3v) is 3.89. The number of nitrogens with zero attached hydrogens (tertiary/aromatic N) is 3. The lowest BCUT2D eigenvalue weighted by Crippen LogP contribution is -2.31. The van der Waals surface area contributed by atoms with Crippen molar-refractivity contribution >= 4 is 39.2 Å². The lowest BCUT2D eigenvalue weighted by Gasteiger charge is -2.13. The van der Waals surface area contributed by atoms with Crippen LogP contribution in [0.25, 0.3) is 10.2 Å². The Morgan fingerprint density at radius 2 is 2.39 bits per heavy atom. The molecule has 0 saturated carbocycles. The van der Waals surface area contributed by atoms with Crippen molar-refractivity contribution in [3.8, 4) is 0 Å². The number of anilines is 2. The molecule has 1 unspecified atom stereocenters. The number of aromatic nitrogens is 2. The van der Waals surface area contributed by atoms with Gasteiger partial charge in [0.1, 0.15) is 16.7 Å². The van der Waals surface area contributed by atoms with Crippen LogP contribution in [0.2, 0.25) is 0 Å². The maximum Gasteiger partial charge on any atom is 0.244 e. The summed E-state index contributed by atoms with van der Waals surface area (Å²) in [4.78, 5) is 22.8. The lowest BCUT2D eigenvalue weighted by atomic mass is 10.2. The van der Waals surface area contributed by atoms with Crippen LogP contribution in [0.5, 0.6) is 0 Å². The summed E-state index contributed by atoms with van der Waals surface area (Å²) in [6.45, 7) is 0.768. The van der Waals surface area contributed by atoms with Crippen LogP contribution in [-0.2, 0) is 4.79 Å². The van der Waals surface area contributed by atoms with Crippen LogP contribution in [0.3, 0.4) is 0 Å². The van der Waals surface area contributed by atoms with Crippen molar-refractivity contribution in [2.45, 2.75) is 12.5 Å². The Bertz CT molecular complexity index is 610. The molecular weight excluding hydrogens is 250 g/mol.